The van der Waals surface area contributed by atoms with Crippen LogP contribution in [0.4, 0.5) is 15.8 Å². The second kappa shape index (κ2) is 6.92. The van der Waals surface area contributed by atoms with E-state index in [0.29, 0.717) is 5.02 Å². The molecule has 0 unspecified atom stereocenters. The van der Waals surface area contributed by atoms with Gasteiger partial charge in [0, 0.05) is 45.7 Å². The molecule has 5 rings (SSSR count). The summed E-state index contributed by atoms with van der Waals surface area (Å²) in [5, 5.41) is 4.65. The molecule has 3 aromatic heterocycles. The third-order valence-electron chi connectivity index (χ3n) is 5.68. The van der Waals surface area contributed by atoms with Crippen molar-refractivity contribution >= 4 is 33.9 Å². The second-order valence-electron chi connectivity index (χ2n) is 7.86. The predicted molar refractivity (Wildman–Crippen MR) is 117 cm³/mol. The van der Waals surface area contributed by atoms with Crippen LogP contribution in [0.5, 0.6) is 0 Å². The maximum atomic E-state index is 14.5. The molecular weight excluding hydrogens is 403 g/mol. The molecule has 0 amide bonds. The van der Waals surface area contributed by atoms with Crippen molar-refractivity contribution in [3.05, 3.63) is 81.9 Å². The van der Waals surface area contributed by atoms with E-state index in [1.807, 2.05) is 12.1 Å². The van der Waals surface area contributed by atoms with Crippen molar-refractivity contribution < 1.29 is 4.39 Å². The smallest absolute Gasteiger partial charge is 0.256 e. The van der Waals surface area contributed by atoms with E-state index in [1.165, 1.54) is 18.2 Å². The maximum Gasteiger partial charge on any atom is 0.256 e. The summed E-state index contributed by atoms with van der Waals surface area (Å²) in [6.45, 7) is 2.11. The van der Waals surface area contributed by atoms with Crippen LogP contribution in [-0.2, 0) is 5.41 Å². The summed E-state index contributed by atoms with van der Waals surface area (Å²) < 4.78 is 14.5. The molecule has 0 aliphatic heterocycles. The third-order valence-corrected chi connectivity index (χ3v) is 5.91. The summed E-state index contributed by atoms with van der Waals surface area (Å²) in [5.41, 5.74) is 3.08. The van der Waals surface area contributed by atoms with Crippen molar-refractivity contribution in [2.45, 2.75) is 25.2 Å². The van der Waals surface area contributed by atoms with Crippen LogP contribution in [0.15, 0.2) is 59.8 Å². The number of H-pyrrole nitrogens is 1. The molecule has 0 bridgehead atoms. The number of nitrogens with one attached hydrogen (secondary N) is 2. The van der Waals surface area contributed by atoms with Crippen molar-refractivity contribution in [1.29, 1.82) is 0 Å². The quantitative estimate of drug-likeness (QED) is 0.452. The van der Waals surface area contributed by atoms with E-state index in [-0.39, 0.29) is 22.1 Å². The van der Waals surface area contributed by atoms with Crippen LogP contribution in [0, 0.1) is 5.82 Å². The Morgan fingerprint density at radius 1 is 1.10 bits per heavy atom. The van der Waals surface area contributed by atoms with Gasteiger partial charge in [-0.2, -0.15) is 0 Å². The lowest BCUT2D eigenvalue weighted by molar-refractivity contribution is 0.631. The summed E-state index contributed by atoms with van der Waals surface area (Å²) in [7, 11) is 0. The summed E-state index contributed by atoms with van der Waals surface area (Å²) in [6.07, 6.45) is 7.09. The number of benzene rings is 1. The number of fused-ring (bicyclic) bond motifs is 1. The number of pyridine rings is 3. The molecule has 0 saturated heterocycles. The Hall–Kier alpha value is -3.25. The molecular formula is C23H18ClFN4O. The molecule has 1 aromatic carbocycles. The molecule has 1 saturated carbocycles. The van der Waals surface area contributed by atoms with Gasteiger partial charge in [-0.3, -0.25) is 14.8 Å². The highest BCUT2D eigenvalue weighted by atomic mass is 35.5. The molecule has 0 radical (unpaired) electrons. The van der Waals surface area contributed by atoms with Gasteiger partial charge in [0.1, 0.15) is 5.82 Å². The number of hydrogen-bond acceptors (Lipinski definition) is 4. The normalized spacial score (nSPS) is 14.6. The first-order valence-corrected chi connectivity index (χ1v) is 10.0. The minimum atomic E-state index is -0.500. The minimum absolute atomic E-state index is 0.117. The van der Waals surface area contributed by atoms with E-state index in [4.69, 9.17) is 11.6 Å². The average Bonchev–Trinajstić information content (AvgIpc) is 3.49. The molecule has 1 aliphatic carbocycles. The fraction of sp³-hybridized carbons (Fsp3) is 0.174. The van der Waals surface area contributed by atoms with Gasteiger partial charge in [0.15, 0.2) is 0 Å². The Morgan fingerprint density at radius 2 is 1.93 bits per heavy atom. The third kappa shape index (κ3) is 3.23. The maximum absolute atomic E-state index is 14.5. The molecule has 1 aliphatic rings. The van der Waals surface area contributed by atoms with Gasteiger partial charge in [0.25, 0.3) is 5.56 Å². The van der Waals surface area contributed by atoms with Gasteiger partial charge in [0.05, 0.1) is 22.5 Å². The van der Waals surface area contributed by atoms with Crippen LogP contribution in [0.1, 0.15) is 25.5 Å². The highest BCUT2D eigenvalue weighted by Crippen LogP contribution is 2.49. The van der Waals surface area contributed by atoms with Crippen LogP contribution in [0.25, 0.3) is 22.0 Å². The lowest BCUT2D eigenvalue weighted by Gasteiger charge is -2.19. The van der Waals surface area contributed by atoms with Gasteiger partial charge in [-0.1, -0.05) is 18.5 Å². The highest BCUT2D eigenvalue weighted by Gasteiger charge is 2.42. The first-order valence-electron chi connectivity index (χ1n) is 9.64. The molecule has 30 heavy (non-hydrogen) atoms. The second-order valence-corrected chi connectivity index (χ2v) is 8.30. The molecule has 1 fully saturated rings. The van der Waals surface area contributed by atoms with E-state index in [2.05, 4.69) is 27.2 Å². The van der Waals surface area contributed by atoms with Gasteiger partial charge >= 0.3 is 0 Å². The lowest BCUT2D eigenvalue weighted by Crippen LogP contribution is -2.18. The largest absolute Gasteiger partial charge is 0.353 e. The van der Waals surface area contributed by atoms with Crippen LogP contribution in [-0.4, -0.2) is 15.0 Å². The number of aromatic amines is 1. The Balaban J connectivity index is 1.70. The molecule has 0 spiro atoms. The highest BCUT2D eigenvalue weighted by molar-refractivity contribution is 6.30. The molecule has 0 atom stereocenters. The summed E-state index contributed by atoms with van der Waals surface area (Å²) in [4.78, 5) is 24.4. The fourth-order valence-corrected chi connectivity index (χ4v) is 3.86. The topological polar surface area (TPSA) is 70.7 Å². The van der Waals surface area contributed by atoms with E-state index in [1.54, 1.807) is 24.7 Å². The monoisotopic (exact) mass is 420 g/mol. The van der Waals surface area contributed by atoms with Crippen molar-refractivity contribution in [2.75, 3.05) is 5.32 Å². The zero-order valence-electron chi connectivity index (χ0n) is 16.2. The Kier molecular flexibility index (Phi) is 4.33. The lowest BCUT2D eigenvalue weighted by atomic mass is 9.99. The van der Waals surface area contributed by atoms with E-state index in [9.17, 15) is 9.18 Å². The van der Waals surface area contributed by atoms with Crippen molar-refractivity contribution in [3.8, 4) is 11.1 Å². The Labute approximate surface area is 177 Å². The van der Waals surface area contributed by atoms with Crippen molar-refractivity contribution in [1.82, 2.24) is 15.0 Å². The van der Waals surface area contributed by atoms with Gasteiger partial charge in [-0.05, 0) is 49.2 Å². The van der Waals surface area contributed by atoms with Crippen molar-refractivity contribution in [2.24, 2.45) is 0 Å². The Morgan fingerprint density at radius 3 is 2.73 bits per heavy atom. The first-order chi connectivity index (χ1) is 14.4. The number of aromatic nitrogens is 3. The van der Waals surface area contributed by atoms with E-state index >= 15 is 0 Å². The Bertz CT molecular complexity index is 1340. The van der Waals surface area contributed by atoms with Crippen LogP contribution >= 0.6 is 11.6 Å². The fourth-order valence-electron chi connectivity index (χ4n) is 3.69. The summed E-state index contributed by atoms with van der Waals surface area (Å²) in [6, 6.07) is 9.59. The van der Waals surface area contributed by atoms with E-state index < -0.39 is 5.82 Å². The predicted octanol–water partition coefficient (Wildman–Crippen LogP) is 5.57. The summed E-state index contributed by atoms with van der Waals surface area (Å²) in [5.74, 6) is -0.500. The number of halogens is 2. The summed E-state index contributed by atoms with van der Waals surface area (Å²) >= 11 is 6.06. The zero-order chi connectivity index (χ0) is 20.9. The van der Waals surface area contributed by atoms with Gasteiger partial charge < -0.3 is 10.3 Å². The number of rotatable bonds is 4. The molecule has 7 heteroatoms. The molecule has 2 N–H and O–H groups in total. The number of nitrogens with zero attached hydrogens (tertiary/aromatic N) is 2. The molecule has 5 nitrogen and oxygen atoms in total. The minimum Gasteiger partial charge on any atom is -0.353 e. The number of hydrogen-bond donors (Lipinski definition) is 2. The first kappa shape index (κ1) is 18.8. The van der Waals surface area contributed by atoms with Crippen LogP contribution in [0.2, 0.25) is 5.02 Å². The SMILES string of the molecule is CC1(c2[nH]c(=O)c(-c3cc(Cl)ccc3F)cc2Nc2ccnc3ccncc23)CC1. The van der Waals surface area contributed by atoms with Gasteiger partial charge in [0.2, 0.25) is 0 Å². The van der Waals surface area contributed by atoms with Crippen molar-refractivity contribution in [3.63, 3.8) is 0 Å². The van der Waals surface area contributed by atoms with E-state index in [0.717, 1.165) is 40.8 Å². The number of anilines is 2. The molecule has 4 aromatic rings. The van der Waals surface area contributed by atoms with Gasteiger partial charge in [-0.15, -0.1) is 0 Å². The zero-order valence-corrected chi connectivity index (χ0v) is 16.9. The average molecular weight is 421 g/mol. The van der Waals surface area contributed by atoms with Crippen LogP contribution in [0.3, 0.4) is 0 Å². The van der Waals surface area contributed by atoms with Crippen LogP contribution < -0.4 is 10.9 Å². The molecule has 150 valence electrons. The molecule has 3 heterocycles. The van der Waals surface area contributed by atoms with Gasteiger partial charge in [-0.25, -0.2) is 4.39 Å². The standard InChI is InChI=1S/C23H18ClFN4O/c1-23(6-7-23)21-20(28-19-5-9-27-18-4-8-26-12-16(18)19)11-15(22(30)29-21)14-10-13(24)2-3-17(14)25/h2-5,8-12H,6-7H2,1H3,(H,27,28)(H,29,30).